The van der Waals surface area contributed by atoms with Crippen LogP contribution in [0, 0.1) is 6.92 Å². The van der Waals surface area contributed by atoms with E-state index in [4.69, 9.17) is 0 Å². The Morgan fingerprint density at radius 3 is 2.26 bits per heavy atom. The first-order chi connectivity index (χ1) is 13.1. The highest BCUT2D eigenvalue weighted by Crippen LogP contribution is 2.46. The van der Waals surface area contributed by atoms with E-state index in [1.165, 1.54) is 46.2 Å². The smallest absolute Gasteiger partial charge is 0.0695 e. The van der Waals surface area contributed by atoms with Crippen LogP contribution in [-0.2, 0) is 17.2 Å². The Kier molecular flexibility index (Phi) is 6.55. The van der Waals surface area contributed by atoms with E-state index in [1.807, 2.05) is 0 Å². The van der Waals surface area contributed by atoms with Gasteiger partial charge in [0, 0.05) is 0 Å². The minimum atomic E-state index is -0.337. The van der Waals surface area contributed by atoms with Crippen LogP contribution in [0.4, 0.5) is 0 Å². The molecule has 1 heteroatoms. The summed E-state index contributed by atoms with van der Waals surface area (Å²) in [4.78, 5) is 0. The summed E-state index contributed by atoms with van der Waals surface area (Å²) in [6.45, 7) is 6.62. The summed E-state index contributed by atoms with van der Waals surface area (Å²) in [5.74, 6) is 0. The van der Waals surface area contributed by atoms with Crippen molar-refractivity contribution < 1.29 is 0 Å². The van der Waals surface area contributed by atoms with Crippen LogP contribution in [-0.4, -0.2) is 0 Å². The molecular weight excluding hydrogens is 392 g/mol. The van der Waals surface area contributed by atoms with Gasteiger partial charge in [0.15, 0.2) is 0 Å². The van der Waals surface area contributed by atoms with E-state index in [0.717, 1.165) is 12.8 Å². The molecule has 0 aliphatic carbocycles. The maximum Gasteiger partial charge on any atom is 0.101 e. The zero-order valence-corrected chi connectivity index (χ0v) is 18.2. The fraction of sp³-hybridized carbons (Fsp3) is 0.308. The van der Waals surface area contributed by atoms with E-state index in [-0.39, 0.29) is 4.32 Å². The van der Waals surface area contributed by atoms with Crippen LogP contribution < -0.4 is 0 Å². The van der Waals surface area contributed by atoms with Gasteiger partial charge in [-0.15, -0.1) is 0 Å². The minimum Gasteiger partial charge on any atom is -0.0695 e. The Balaban J connectivity index is 2.23. The number of alkyl halides is 1. The summed E-state index contributed by atoms with van der Waals surface area (Å²) in [7, 11) is 0. The van der Waals surface area contributed by atoms with Gasteiger partial charge in [-0.2, -0.15) is 0 Å². The number of unbranched alkanes of at least 4 members (excludes halogenated alkanes) is 1. The average Bonchev–Trinajstić information content (AvgIpc) is 2.72. The lowest BCUT2D eigenvalue weighted by Crippen LogP contribution is -2.23. The first kappa shape index (κ1) is 19.9. The summed E-state index contributed by atoms with van der Waals surface area (Å²) in [5.41, 5.74) is 8.03. The van der Waals surface area contributed by atoms with Crippen LogP contribution in [0.5, 0.6) is 0 Å². The molecule has 140 valence electrons. The van der Waals surface area contributed by atoms with Crippen LogP contribution in [0.25, 0.3) is 0 Å². The van der Waals surface area contributed by atoms with Crippen LogP contribution >= 0.6 is 15.9 Å². The van der Waals surface area contributed by atoms with Crippen molar-refractivity contribution in [2.75, 3.05) is 0 Å². The lowest BCUT2D eigenvalue weighted by Gasteiger charge is -2.32. The van der Waals surface area contributed by atoms with Gasteiger partial charge in [-0.1, -0.05) is 115 Å². The molecule has 3 rings (SSSR count). The third-order valence-electron chi connectivity index (χ3n) is 5.37. The zero-order valence-electron chi connectivity index (χ0n) is 16.6. The van der Waals surface area contributed by atoms with E-state index < -0.39 is 0 Å². The average molecular weight is 421 g/mol. The van der Waals surface area contributed by atoms with Gasteiger partial charge in [-0.05, 0) is 54.0 Å². The van der Waals surface area contributed by atoms with E-state index >= 15 is 0 Å². The van der Waals surface area contributed by atoms with Crippen molar-refractivity contribution in [3.05, 3.63) is 106 Å². The highest BCUT2D eigenvalue weighted by molar-refractivity contribution is 9.10. The molecule has 0 amide bonds. The Hall–Kier alpha value is -1.86. The predicted molar refractivity (Wildman–Crippen MR) is 121 cm³/mol. The predicted octanol–water partition coefficient (Wildman–Crippen LogP) is 7.59. The van der Waals surface area contributed by atoms with E-state index in [1.54, 1.807) is 0 Å². The van der Waals surface area contributed by atoms with Crippen LogP contribution in [0.3, 0.4) is 0 Å². The summed E-state index contributed by atoms with van der Waals surface area (Å²) >= 11 is 4.24. The van der Waals surface area contributed by atoms with E-state index in [9.17, 15) is 0 Å². The van der Waals surface area contributed by atoms with Crippen molar-refractivity contribution in [2.45, 2.75) is 50.8 Å². The Labute approximate surface area is 172 Å². The largest absolute Gasteiger partial charge is 0.101 e. The maximum absolute atomic E-state index is 4.24. The van der Waals surface area contributed by atoms with Crippen LogP contribution in [0.2, 0.25) is 0 Å². The lowest BCUT2D eigenvalue weighted by molar-refractivity contribution is 0.775. The van der Waals surface area contributed by atoms with Gasteiger partial charge >= 0.3 is 0 Å². The molecule has 27 heavy (non-hydrogen) atoms. The number of aryl methyl sites for hydroxylation is 3. The normalized spacial score (nSPS) is 13.3. The second-order valence-electron chi connectivity index (χ2n) is 7.34. The molecule has 0 nitrogen and oxygen atoms in total. The van der Waals surface area contributed by atoms with Gasteiger partial charge < -0.3 is 0 Å². The summed E-state index contributed by atoms with van der Waals surface area (Å²) in [6, 6.07) is 26.9. The maximum atomic E-state index is 4.24. The molecule has 0 aliphatic heterocycles. The first-order valence-electron chi connectivity index (χ1n) is 10.0. The molecule has 0 saturated heterocycles. The zero-order chi connectivity index (χ0) is 19.3. The quantitative estimate of drug-likeness (QED) is 0.272. The molecule has 0 saturated carbocycles. The number of halogens is 1. The standard InChI is InChI=1S/C26H29Br/c1-4-6-11-22-12-7-8-14-25(22)26(27,23-17-15-20(3)16-18-23)24-13-9-10-21(5-2)19-24/h7-10,12-19H,4-6,11H2,1-3H3. The molecule has 0 spiro atoms. The van der Waals surface area contributed by atoms with E-state index in [2.05, 4.69) is 109 Å². The van der Waals surface area contributed by atoms with Crippen LogP contribution in [0.15, 0.2) is 72.8 Å². The summed E-state index contributed by atoms with van der Waals surface area (Å²) in [5, 5.41) is 0. The highest BCUT2D eigenvalue weighted by Gasteiger charge is 2.35. The number of hydrogen-bond acceptors (Lipinski definition) is 0. The number of hydrogen-bond donors (Lipinski definition) is 0. The second-order valence-corrected chi connectivity index (χ2v) is 8.53. The van der Waals surface area contributed by atoms with Crippen molar-refractivity contribution in [1.29, 1.82) is 0 Å². The molecule has 1 atom stereocenters. The van der Waals surface area contributed by atoms with Crippen LogP contribution in [0.1, 0.15) is 60.1 Å². The minimum absolute atomic E-state index is 0.337. The molecule has 3 aromatic rings. The molecular formula is C26H29Br. The van der Waals surface area contributed by atoms with Gasteiger partial charge in [-0.25, -0.2) is 0 Å². The molecule has 3 aromatic carbocycles. The summed E-state index contributed by atoms with van der Waals surface area (Å²) in [6.07, 6.45) is 4.57. The topological polar surface area (TPSA) is 0 Å². The molecule has 0 N–H and O–H groups in total. The molecule has 0 heterocycles. The van der Waals surface area contributed by atoms with Gasteiger partial charge in [0.25, 0.3) is 0 Å². The van der Waals surface area contributed by atoms with Gasteiger partial charge in [-0.3, -0.25) is 0 Å². The fourth-order valence-corrected chi connectivity index (χ4v) is 4.61. The lowest BCUT2D eigenvalue weighted by atomic mass is 9.81. The Bertz CT molecular complexity index is 879. The number of rotatable bonds is 7. The van der Waals surface area contributed by atoms with Crippen molar-refractivity contribution in [1.82, 2.24) is 0 Å². The van der Waals surface area contributed by atoms with Gasteiger partial charge in [0.2, 0.25) is 0 Å². The fourth-order valence-electron chi connectivity index (χ4n) is 3.71. The Morgan fingerprint density at radius 1 is 0.815 bits per heavy atom. The Morgan fingerprint density at radius 2 is 1.56 bits per heavy atom. The molecule has 0 radical (unpaired) electrons. The molecule has 1 unspecified atom stereocenters. The van der Waals surface area contributed by atoms with Gasteiger partial charge in [0.1, 0.15) is 4.32 Å². The van der Waals surface area contributed by atoms with Crippen molar-refractivity contribution >= 4 is 15.9 Å². The van der Waals surface area contributed by atoms with Crippen molar-refractivity contribution in [3.8, 4) is 0 Å². The van der Waals surface area contributed by atoms with Gasteiger partial charge in [0.05, 0.1) is 0 Å². The first-order valence-corrected chi connectivity index (χ1v) is 10.8. The highest BCUT2D eigenvalue weighted by atomic mass is 79.9. The molecule has 0 aliphatic rings. The van der Waals surface area contributed by atoms with Crippen molar-refractivity contribution in [2.24, 2.45) is 0 Å². The number of benzene rings is 3. The SMILES string of the molecule is CCCCc1ccccc1C(Br)(c1ccc(C)cc1)c1cccc(CC)c1. The van der Waals surface area contributed by atoms with Crippen molar-refractivity contribution in [3.63, 3.8) is 0 Å². The molecule has 0 fully saturated rings. The summed E-state index contributed by atoms with van der Waals surface area (Å²) < 4.78 is -0.337. The molecule has 0 aromatic heterocycles. The third-order valence-corrected chi connectivity index (χ3v) is 6.71. The molecule has 0 bridgehead atoms. The second kappa shape index (κ2) is 8.89. The monoisotopic (exact) mass is 420 g/mol. The van der Waals surface area contributed by atoms with E-state index in [0.29, 0.717) is 0 Å². The third kappa shape index (κ3) is 4.19.